The first-order chi connectivity index (χ1) is 16.5. The van der Waals surface area contributed by atoms with Gasteiger partial charge in [0, 0.05) is 61.0 Å². The summed E-state index contributed by atoms with van der Waals surface area (Å²) in [7, 11) is -3.58. The molecule has 0 unspecified atom stereocenters. The van der Waals surface area contributed by atoms with E-state index in [1.807, 2.05) is 18.2 Å². The number of benzene rings is 2. The van der Waals surface area contributed by atoms with Crippen LogP contribution in [0.5, 0.6) is 0 Å². The maximum absolute atomic E-state index is 12.4. The fourth-order valence-electron chi connectivity index (χ4n) is 4.29. The molecule has 5 rings (SSSR count). The van der Waals surface area contributed by atoms with Crippen LogP contribution in [0.2, 0.25) is 0 Å². The first-order valence-corrected chi connectivity index (χ1v) is 12.8. The molecule has 0 atom stereocenters. The van der Waals surface area contributed by atoms with E-state index in [1.54, 1.807) is 24.3 Å². The molecule has 1 aromatic heterocycles. The molecule has 1 fully saturated rings. The minimum Gasteiger partial charge on any atom is -0.379 e. The Morgan fingerprint density at radius 3 is 2.76 bits per heavy atom. The summed E-state index contributed by atoms with van der Waals surface area (Å²) in [6.07, 6.45) is 2.22. The van der Waals surface area contributed by atoms with Gasteiger partial charge in [-0.25, -0.2) is 8.42 Å². The van der Waals surface area contributed by atoms with Crippen LogP contribution < -0.4 is 10.0 Å². The van der Waals surface area contributed by atoms with E-state index in [0.717, 1.165) is 56.0 Å². The van der Waals surface area contributed by atoms with Gasteiger partial charge in [0.1, 0.15) is 5.84 Å². The van der Waals surface area contributed by atoms with Gasteiger partial charge in [0.25, 0.3) is 10.0 Å². The van der Waals surface area contributed by atoms with Crippen LogP contribution in [0.4, 0.5) is 5.69 Å². The minimum absolute atomic E-state index is 0.145. The van der Waals surface area contributed by atoms with Gasteiger partial charge in [-0.05, 0) is 36.4 Å². The fourth-order valence-corrected chi connectivity index (χ4v) is 5.54. The molecular weight excluding hydrogens is 454 g/mol. The van der Waals surface area contributed by atoms with Gasteiger partial charge in [0.2, 0.25) is 5.91 Å². The van der Waals surface area contributed by atoms with Crippen molar-refractivity contribution in [2.45, 2.75) is 17.9 Å². The van der Waals surface area contributed by atoms with E-state index in [4.69, 9.17) is 4.74 Å². The Morgan fingerprint density at radius 2 is 1.91 bits per heavy atom. The van der Waals surface area contributed by atoms with Crippen LogP contribution in [0.15, 0.2) is 64.6 Å². The van der Waals surface area contributed by atoms with Crippen LogP contribution in [-0.4, -0.2) is 69.0 Å². The van der Waals surface area contributed by atoms with Gasteiger partial charge in [-0.2, -0.15) is 0 Å². The Balaban J connectivity index is 1.17. The number of carbonyl (C=O) groups excluding carboxylic acids is 1. The molecule has 2 aliphatic heterocycles. The van der Waals surface area contributed by atoms with Crippen molar-refractivity contribution in [2.75, 3.05) is 44.7 Å². The number of ether oxygens (including phenoxy) is 1. The summed E-state index contributed by atoms with van der Waals surface area (Å²) in [5.41, 5.74) is 2.39. The largest absolute Gasteiger partial charge is 0.379 e. The second kappa shape index (κ2) is 9.57. The van der Waals surface area contributed by atoms with Crippen molar-refractivity contribution < 1.29 is 17.9 Å². The van der Waals surface area contributed by atoms with Gasteiger partial charge in [0.15, 0.2) is 0 Å². The molecule has 3 heterocycles. The van der Waals surface area contributed by atoms with E-state index in [-0.39, 0.29) is 29.6 Å². The Hall–Kier alpha value is -3.21. The van der Waals surface area contributed by atoms with Gasteiger partial charge in [0.05, 0.1) is 24.7 Å². The third-order valence-electron chi connectivity index (χ3n) is 6.09. The highest BCUT2D eigenvalue weighted by Crippen LogP contribution is 2.23. The predicted molar refractivity (Wildman–Crippen MR) is 131 cm³/mol. The minimum atomic E-state index is -3.58. The van der Waals surface area contributed by atoms with E-state index < -0.39 is 10.0 Å². The van der Waals surface area contributed by atoms with Gasteiger partial charge < -0.3 is 14.6 Å². The fraction of sp³-hybridized carbons (Fsp3) is 0.333. The lowest BCUT2D eigenvalue weighted by Crippen LogP contribution is -2.38. The Morgan fingerprint density at radius 1 is 1.09 bits per heavy atom. The lowest BCUT2D eigenvalue weighted by atomic mass is 10.2. The summed E-state index contributed by atoms with van der Waals surface area (Å²) in [5.74, 6) is 0.104. The van der Waals surface area contributed by atoms with Crippen molar-refractivity contribution in [1.29, 1.82) is 0 Å². The summed E-state index contributed by atoms with van der Waals surface area (Å²) in [4.78, 5) is 19.4. The number of amidine groups is 1. The topological polar surface area (TPSA) is 105 Å². The van der Waals surface area contributed by atoms with Crippen LogP contribution in [0.3, 0.4) is 0 Å². The molecule has 0 bridgehead atoms. The average Bonchev–Trinajstić information content (AvgIpc) is 3.36. The number of carbonyl (C=O) groups is 1. The van der Waals surface area contributed by atoms with Crippen LogP contribution in [0.1, 0.15) is 12.0 Å². The molecule has 0 aliphatic carbocycles. The van der Waals surface area contributed by atoms with Crippen LogP contribution in [-0.2, 0) is 26.1 Å². The zero-order valence-corrected chi connectivity index (χ0v) is 19.6. The number of aromatic nitrogens is 1. The van der Waals surface area contributed by atoms with Crippen molar-refractivity contribution in [3.05, 3.63) is 60.3 Å². The number of morpholine rings is 1. The monoisotopic (exact) mass is 481 g/mol. The quantitative estimate of drug-likeness (QED) is 0.537. The second-order valence-corrected chi connectivity index (χ2v) is 10.0. The number of rotatable bonds is 7. The highest BCUT2D eigenvalue weighted by Gasteiger charge is 2.29. The summed E-state index contributed by atoms with van der Waals surface area (Å²) in [5, 5.41) is 3.98. The first-order valence-electron chi connectivity index (χ1n) is 11.4. The number of aliphatic imine (C=N–C) groups is 1. The third-order valence-corrected chi connectivity index (χ3v) is 7.48. The number of anilines is 1. The molecule has 3 aromatic rings. The van der Waals surface area contributed by atoms with Crippen molar-refractivity contribution in [3.8, 4) is 0 Å². The predicted octanol–water partition coefficient (Wildman–Crippen LogP) is 2.04. The maximum atomic E-state index is 12.4. The summed E-state index contributed by atoms with van der Waals surface area (Å²) < 4.78 is 34.4. The smallest absolute Gasteiger partial charge is 0.263 e. The molecule has 178 valence electrons. The maximum Gasteiger partial charge on any atom is 0.263 e. The molecule has 0 spiro atoms. The molecule has 2 aliphatic rings. The normalized spacial score (nSPS) is 18.6. The molecule has 0 radical (unpaired) electrons. The number of amides is 1. The zero-order chi connectivity index (χ0) is 23.5. The lowest BCUT2D eigenvalue weighted by molar-refractivity contribution is -0.116. The van der Waals surface area contributed by atoms with Gasteiger partial charge in [-0.1, -0.05) is 12.1 Å². The standard InChI is InChI=1S/C24H27N5O4S/c30-23(7-9-25-24-20-3-1-2-4-22(20)34(31,32)27-24)26-19-5-6-21-18(17-19)8-10-29(21)12-11-28-13-15-33-16-14-28/h1-6,8,10,17H,7,9,11-16H2,(H,25,27)(H,26,30). The molecule has 9 nitrogen and oxygen atoms in total. The molecule has 2 N–H and O–H groups in total. The molecule has 34 heavy (non-hydrogen) atoms. The average molecular weight is 482 g/mol. The highest BCUT2D eigenvalue weighted by molar-refractivity contribution is 7.90. The molecule has 10 heteroatoms. The summed E-state index contributed by atoms with van der Waals surface area (Å²) in [6.45, 7) is 5.60. The van der Waals surface area contributed by atoms with Crippen molar-refractivity contribution in [1.82, 2.24) is 14.2 Å². The summed E-state index contributed by atoms with van der Waals surface area (Å²) >= 11 is 0. The van der Waals surface area contributed by atoms with Gasteiger partial charge in [-0.3, -0.25) is 19.4 Å². The Labute approximate surface area is 198 Å². The van der Waals surface area contributed by atoms with E-state index >= 15 is 0 Å². The van der Waals surface area contributed by atoms with Crippen LogP contribution in [0, 0.1) is 0 Å². The summed E-state index contributed by atoms with van der Waals surface area (Å²) in [6, 6.07) is 14.6. The van der Waals surface area contributed by atoms with Gasteiger partial charge in [-0.15, -0.1) is 0 Å². The third kappa shape index (κ3) is 4.84. The molecule has 2 aromatic carbocycles. The number of hydrogen-bond donors (Lipinski definition) is 2. The molecule has 1 saturated heterocycles. The second-order valence-electron chi connectivity index (χ2n) is 8.37. The number of nitrogens with zero attached hydrogens (tertiary/aromatic N) is 3. The van der Waals surface area contributed by atoms with Crippen LogP contribution in [0.25, 0.3) is 10.9 Å². The number of fused-ring (bicyclic) bond motifs is 2. The van der Waals surface area contributed by atoms with E-state index in [0.29, 0.717) is 5.56 Å². The lowest BCUT2D eigenvalue weighted by Gasteiger charge is -2.26. The number of hydrogen-bond acceptors (Lipinski definition) is 6. The molecule has 1 amide bonds. The molecular formula is C24H27N5O4S. The van der Waals surface area contributed by atoms with E-state index in [9.17, 15) is 13.2 Å². The van der Waals surface area contributed by atoms with E-state index in [1.165, 1.54) is 0 Å². The highest BCUT2D eigenvalue weighted by atomic mass is 32.2. The number of nitrogens with one attached hydrogen (secondary N) is 2. The van der Waals surface area contributed by atoms with Crippen molar-refractivity contribution >= 4 is 38.4 Å². The zero-order valence-electron chi connectivity index (χ0n) is 18.7. The first kappa shape index (κ1) is 22.6. The molecule has 0 saturated carbocycles. The SMILES string of the molecule is O=C(CCN=C1NS(=O)(=O)c2ccccc21)Nc1ccc2c(ccn2CCN2CCOCC2)c1. The van der Waals surface area contributed by atoms with Crippen molar-refractivity contribution in [3.63, 3.8) is 0 Å². The van der Waals surface area contributed by atoms with Gasteiger partial charge >= 0.3 is 0 Å². The van der Waals surface area contributed by atoms with E-state index in [2.05, 4.69) is 36.8 Å². The van der Waals surface area contributed by atoms with Crippen LogP contribution >= 0.6 is 0 Å². The number of sulfonamides is 1. The Bertz CT molecular complexity index is 1340. The van der Waals surface area contributed by atoms with Crippen molar-refractivity contribution in [2.24, 2.45) is 4.99 Å². The Kier molecular flexibility index (Phi) is 6.36.